The van der Waals surface area contributed by atoms with Crippen molar-refractivity contribution in [2.75, 3.05) is 13.2 Å². The molecular formula is C15H21ClO3. The molecule has 1 atom stereocenters. The van der Waals surface area contributed by atoms with Gasteiger partial charge in [-0.15, -0.1) is 0 Å². The van der Waals surface area contributed by atoms with Gasteiger partial charge < -0.3 is 9.47 Å². The average molecular weight is 285 g/mol. The molecule has 0 spiro atoms. The molecule has 4 heteroatoms. The number of esters is 1. The molecule has 0 fully saturated rings. The normalized spacial score (nSPS) is 12.2. The number of hydrogen-bond acceptors (Lipinski definition) is 3. The van der Waals surface area contributed by atoms with E-state index in [1.54, 1.807) is 24.3 Å². The van der Waals surface area contributed by atoms with Crippen molar-refractivity contribution in [3.63, 3.8) is 0 Å². The predicted octanol–water partition coefficient (Wildman–Crippen LogP) is 4.09. The Morgan fingerprint density at radius 3 is 2.79 bits per heavy atom. The Hall–Kier alpha value is -1.06. The predicted molar refractivity (Wildman–Crippen MR) is 76.7 cm³/mol. The van der Waals surface area contributed by atoms with Crippen LogP contribution in [-0.4, -0.2) is 25.3 Å². The summed E-state index contributed by atoms with van der Waals surface area (Å²) < 4.78 is 10.9. The van der Waals surface area contributed by atoms with Crippen molar-refractivity contribution >= 4 is 17.6 Å². The van der Waals surface area contributed by atoms with Gasteiger partial charge in [0.1, 0.15) is 6.10 Å². The molecule has 0 heterocycles. The summed E-state index contributed by atoms with van der Waals surface area (Å²) >= 11 is 5.85. The van der Waals surface area contributed by atoms with E-state index < -0.39 is 0 Å². The molecule has 1 unspecified atom stereocenters. The van der Waals surface area contributed by atoms with Crippen LogP contribution in [0, 0.1) is 0 Å². The quantitative estimate of drug-likeness (QED) is 0.533. The smallest absolute Gasteiger partial charge is 0.338 e. The highest BCUT2D eigenvalue weighted by Crippen LogP contribution is 2.13. The SMILES string of the molecule is CCCCOCC(CC)OC(=O)c1cccc(Cl)c1. The summed E-state index contributed by atoms with van der Waals surface area (Å²) in [5, 5.41) is 0.529. The molecule has 19 heavy (non-hydrogen) atoms. The summed E-state index contributed by atoms with van der Waals surface area (Å²) in [7, 11) is 0. The van der Waals surface area contributed by atoms with Crippen LogP contribution >= 0.6 is 11.6 Å². The maximum absolute atomic E-state index is 11.9. The van der Waals surface area contributed by atoms with Gasteiger partial charge in [-0.25, -0.2) is 4.79 Å². The van der Waals surface area contributed by atoms with E-state index in [0.717, 1.165) is 19.3 Å². The fourth-order valence-corrected chi connectivity index (χ4v) is 1.72. The molecule has 0 saturated heterocycles. The van der Waals surface area contributed by atoms with Gasteiger partial charge in [-0.2, -0.15) is 0 Å². The molecule has 0 aliphatic rings. The van der Waals surface area contributed by atoms with Gasteiger partial charge in [0, 0.05) is 11.6 Å². The van der Waals surface area contributed by atoms with E-state index in [2.05, 4.69) is 6.92 Å². The molecule has 106 valence electrons. The van der Waals surface area contributed by atoms with Crippen LogP contribution in [0.2, 0.25) is 5.02 Å². The highest BCUT2D eigenvalue weighted by molar-refractivity contribution is 6.30. The van der Waals surface area contributed by atoms with Gasteiger partial charge in [-0.05, 0) is 31.0 Å². The minimum atomic E-state index is -0.353. The van der Waals surface area contributed by atoms with Crippen molar-refractivity contribution in [3.8, 4) is 0 Å². The van der Waals surface area contributed by atoms with Crippen LogP contribution in [0.25, 0.3) is 0 Å². The van der Waals surface area contributed by atoms with E-state index in [0.29, 0.717) is 23.8 Å². The van der Waals surface area contributed by atoms with Crippen molar-refractivity contribution in [2.24, 2.45) is 0 Å². The molecule has 1 aromatic carbocycles. The molecule has 1 aromatic rings. The molecule has 0 saturated carbocycles. The van der Waals surface area contributed by atoms with Gasteiger partial charge >= 0.3 is 5.97 Å². The molecule has 0 N–H and O–H groups in total. The summed E-state index contributed by atoms with van der Waals surface area (Å²) in [4.78, 5) is 11.9. The van der Waals surface area contributed by atoms with Crippen molar-refractivity contribution in [1.82, 2.24) is 0 Å². The molecule has 3 nitrogen and oxygen atoms in total. The summed E-state index contributed by atoms with van der Waals surface area (Å²) in [6.07, 6.45) is 2.65. The van der Waals surface area contributed by atoms with Crippen molar-refractivity contribution in [2.45, 2.75) is 39.2 Å². The van der Waals surface area contributed by atoms with Crippen molar-refractivity contribution in [3.05, 3.63) is 34.9 Å². The third-order valence-electron chi connectivity index (χ3n) is 2.74. The van der Waals surface area contributed by atoms with Crippen LogP contribution in [0.15, 0.2) is 24.3 Å². The number of carbonyl (C=O) groups excluding carboxylic acids is 1. The number of halogens is 1. The lowest BCUT2D eigenvalue weighted by molar-refractivity contribution is -0.00583. The Labute approximate surface area is 119 Å². The zero-order chi connectivity index (χ0) is 14.1. The van der Waals surface area contributed by atoms with E-state index in [1.807, 2.05) is 6.92 Å². The van der Waals surface area contributed by atoms with E-state index >= 15 is 0 Å². The van der Waals surface area contributed by atoms with Crippen LogP contribution in [0.3, 0.4) is 0 Å². The van der Waals surface area contributed by atoms with Crippen molar-refractivity contribution in [1.29, 1.82) is 0 Å². The zero-order valence-corrected chi connectivity index (χ0v) is 12.3. The lowest BCUT2D eigenvalue weighted by Crippen LogP contribution is -2.23. The van der Waals surface area contributed by atoms with Crippen molar-refractivity contribution < 1.29 is 14.3 Å². The highest BCUT2D eigenvalue weighted by atomic mass is 35.5. The van der Waals surface area contributed by atoms with E-state index in [1.165, 1.54) is 0 Å². The summed E-state index contributed by atoms with van der Waals surface area (Å²) in [6.45, 7) is 5.24. The average Bonchev–Trinajstić information content (AvgIpc) is 2.42. The lowest BCUT2D eigenvalue weighted by atomic mass is 10.2. The van der Waals surface area contributed by atoms with Gasteiger partial charge in [-0.3, -0.25) is 0 Å². The van der Waals surface area contributed by atoms with Crippen LogP contribution < -0.4 is 0 Å². The van der Waals surface area contributed by atoms with Gasteiger partial charge in [0.05, 0.1) is 12.2 Å². The first-order valence-corrected chi connectivity index (χ1v) is 7.09. The van der Waals surface area contributed by atoms with E-state index in [9.17, 15) is 4.79 Å². The highest BCUT2D eigenvalue weighted by Gasteiger charge is 2.14. The second kappa shape index (κ2) is 8.94. The second-order valence-electron chi connectivity index (χ2n) is 4.37. The standard InChI is InChI=1S/C15H21ClO3/c1-3-5-9-18-11-14(4-2)19-15(17)12-7-6-8-13(16)10-12/h6-8,10,14H,3-5,9,11H2,1-2H3. The Balaban J connectivity index is 2.44. The Bertz CT molecular complexity index is 393. The molecular weight excluding hydrogens is 264 g/mol. The van der Waals surface area contributed by atoms with Crippen LogP contribution in [0.5, 0.6) is 0 Å². The third-order valence-corrected chi connectivity index (χ3v) is 2.97. The molecule has 0 aliphatic carbocycles. The first kappa shape index (κ1) is 16.0. The molecule has 0 bridgehead atoms. The fraction of sp³-hybridized carbons (Fsp3) is 0.533. The maximum Gasteiger partial charge on any atom is 0.338 e. The molecule has 0 amide bonds. The van der Waals surface area contributed by atoms with E-state index in [4.69, 9.17) is 21.1 Å². The van der Waals surface area contributed by atoms with Crippen LogP contribution in [0.4, 0.5) is 0 Å². The van der Waals surface area contributed by atoms with E-state index in [-0.39, 0.29) is 12.1 Å². The number of ether oxygens (including phenoxy) is 2. The molecule has 0 aromatic heterocycles. The fourth-order valence-electron chi connectivity index (χ4n) is 1.53. The summed E-state index contributed by atoms with van der Waals surface area (Å²) in [6, 6.07) is 6.76. The molecule has 1 rings (SSSR count). The Morgan fingerprint density at radius 1 is 1.37 bits per heavy atom. The first-order chi connectivity index (χ1) is 9.17. The summed E-state index contributed by atoms with van der Waals surface area (Å²) in [5.74, 6) is -0.353. The van der Waals surface area contributed by atoms with Gasteiger partial charge in [-0.1, -0.05) is 37.9 Å². The minimum Gasteiger partial charge on any atom is -0.456 e. The Morgan fingerprint density at radius 2 is 2.16 bits per heavy atom. The third kappa shape index (κ3) is 6.08. The second-order valence-corrected chi connectivity index (χ2v) is 4.81. The van der Waals surface area contributed by atoms with Gasteiger partial charge in [0.25, 0.3) is 0 Å². The largest absolute Gasteiger partial charge is 0.456 e. The summed E-state index contributed by atoms with van der Waals surface area (Å²) in [5.41, 5.74) is 0.472. The number of benzene rings is 1. The Kier molecular flexibility index (Phi) is 7.53. The molecule has 0 aliphatic heterocycles. The molecule has 0 radical (unpaired) electrons. The van der Waals surface area contributed by atoms with Gasteiger partial charge in [0.2, 0.25) is 0 Å². The number of carbonyl (C=O) groups is 1. The zero-order valence-electron chi connectivity index (χ0n) is 11.5. The minimum absolute atomic E-state index is 0.205. The number of rotatable bonds is 8. The number of hydrogen-bond donors (Lipinski definition) is 0. The van der Waals surface area contributed by atoms with Gasteiger partial charge in [0.15, 0.2) is 0 Å². The number of unbranched alkanes of at least 4 members (excludes halogenated alkanes) is 1. The topological polar surface area (TPSA) is 35.5 Å². The van der Waals surface area contributed by atoms with Crippen LogP contribution in [0.1, 0.15) is 43.5 Å². The first-order valence-electron chi connectivity index (χ1n) is 6.71. The lowest BCUT2D eigenvalue weighted by Gasteiger charge is -2.16. The monoisotopic (exact) mass is 284 g/mol. The van der Waals surface area contributed by atoms with Crippen LogP contribution in [-0.2, 0) is 9.47 Å². The maximum atomic E-state index is 11.9.